The highest BCUT2D eigenvalue weighted by molar-refractivity contribution is 5.67. The SMILES string of the molecule is CN(C(=O)OCc1ccccc1)[C@@H]1C[C@@H]2CC[C@@H](C2)C1. The van der Waals surface area contributed by atoms with E-state index >= 15 is 0 Å². The molecule has 1 aromatic rings. The molecule has 0 aliphatic heterocycles. The first kappa shape index (κ1) is 13.5. The quantitative estimate of drug-likeness (QED) is 0.837. The summed E-state index contributed by atoms with van der Waals surface area (Å²) in [5.41, 5.74) is 1.04. The number of nitrogens with zero attached hydrogens (tertiary/aromatic N) is 1. The van der Waals surface area contributed by atoms with Crippen LogP contribution in [0.3, 0.4) is 0 Å². The molecule has 20 heavy (non-hydrogen) atoms. The lowest BCUT2D eigenvalue weighted by atomic mass is 9.85. The molecule has 3 atom stereocenters. The first-order valence-corrected chi connectivity index (χ1v) is 7.66. The van der Waals surface area contributed by atoms with Gasteiger partial charge in [-0.3, -0.25) is 0 Å². The van der Waals surface area contributed by atoms with Crippen molar-refractivity contribution >= 4 is 6.09 Å². The number of hydrogen-bond acceptors (Lipinski definition) is 2. The van der Waals surface area contributed by atoms with E-state index in [-0.39, 0.29) is 6.09 Å². The van der Waals surface area contributed by atoms with Gasteiger partial charge in [-0.25, -0.2) is 4.79 Å². The third-order valence-electron chi connectivity index (χ3n) is 4.90. The van der Waals surface area contributed by atoms with Crippen LogP contribution in [0.2, 0.25) is 0 Å². The fourth-order valence-electron chi connectivity index (χ4n) is 3.76. The van der Waals surface area contributed by atoms with Gasteiger partial charge in [-0.15, -0.1) is 0 Å². The minimum absolute atomic E-state index is 0.180. The monoisotopic (exact) mass is 273 g/mol. The molecule has 0 heterocycles. The third kappa shape index (κ3) is 2.97. The van der Waals surface area contributed by atoms with E-state index in [1.165, 1.54) is 19.3 Å². The summed E-state index contributed by atoms with van der Waals surface area (Å²) in [6.45, 7) is 0.365. The molecule has 2 saturated carbocycles. The van der Waals surface area contributed by atoms with Gasteiger partial charge in [-0.05, 0) is 36.7 Å². The molecule has 0 unspecified atom stereocenters. The van der Waals surface area contributed by atoms with Crippen LogP contribution in [0.5, 0.6) is 0 Å². The smallest absolute Gasteiger partial charge is 0.410 e. The van der Waals surface area contributed by atoms with Crippen LogP contribution in [0.1, 0.15) is 37.7 Å². The molecule has 0 aromatic heterocycles. The molecule has 1 amide bonds. The Hall–Kier alpha value is -1.51. The standard InChI is InChI=1S/C17H23NO2/c1-18(16-10-14-7-8-15(9-14)11-16)17(19)20-12-13-5-3-2-4-6-13/h2-6,14-16H,7-12H2,1H3/t14-,15+,16-. The van der Waals surface area contributed by atoms with Crippen LogP contribution in [0.15, 0.2) is 30.3 Å². The van der Waals surface area contributed by atoms with Crippen LogP contribution in [0.25, 0.3) is 0 Å². The predicted octanol–water partition coefficient (Wildman–Crippen LogP) is 3.83. The van der Waals surface area contributed by atoms with E-state index in [1.54, 1.807) is 0 Å². The number of ether oxygens (including phenoxy) is 1. The van der Waals surface area contributed by atoms with Crippen LogP contribution < -0.4 is 0 Å². The van der Waals surface area contributed by atoms with E-state index in [1.807, 2.05) is 42.3 Å². The average Bonchev–Trinajstić information content (AvgIpc) is 2.83. The van der Waals surface area contributed by atoms with Gasteiger partial charge in [0.1, 0.15) is 6.61 Å². The summed E-state index contributed by atoms with van der Waals surface area (Å²) in [5, 5.41) is 0. The molecule has 0 spiro atoms. The summed E-state index contributed by atoms with van der Waals surface area (Å²) in [6, 6.07) is 10.2. The summed E-state index contributed by atoms with van der Waals surface area (Å²) in [4.78, 5) is 14.0. The van der Waals surface area contributed by atoms with E-state index in [0.717, 1.165) is 30.2 Å². The Morgan fingerprint density at radius 1 is 1.15 bits per heavy atom. The largest absolute Gasteiger partial charge is 0.445 e. The van der Waals surface area contributed by atoms with Crippen molar-refractivity contribution in [2.75, 3.05) is 7.05 Å². The molecule has 2 fully saturated rings. The van der Waals surface area contributed by atoms with Crippen LogP contribution in [0, 0.1) is 11.8 Å². The molecule has 0 N–H and O–H groups in total. The number of carbonyl (C=O) groups excluding carboxylic acids is 1. The maximum absolute atomic E-state index is 12.2. The second-order valence-corrected chi connectivity index (χ2v) is 6.32. The zero-order valence-electron chi connectivity index (χ0n) is 12.1. The van der Waals surface area contributed by atoms with E-state index in [9.17, 15) is 4.79 Å². The van der Waals surface area contributed by atoms with Crippen molar-refractivity contribution in [3.05, 3.63) is 35.9 Å². The third-order valence-corrected chi connectivity index (χ3v) is 4.90. The minimum Gasteiger partial charge on any atom is -0.445 e. The van der Waals surface area contributed by atoms with Crippen molar-refractivity contribution < 1.29 is 9.53 Å². The topological polar surface area (TPSA) is 29.5 Å². The lowest BCUT2D eigenvalue weighted by Gasteiger charge is -2.34. The number of carbonyl (C=O) groups is 1. The first-order valence-electron chi connectivity index (χ1n) is 7.66. The zero-order valence-corrected chi connectivity index (χ0v) is 12.1. The fourth-order valence-corrected chi connectivity index (χ4v) is 3.76. The molecule has 3 heteroatoms. The van der Waals surface area contributed by atoms with Crippen molar-refractivity contribution in [3.8, 4) is 0 Å². The Morgan fingerprint density at radius 3 is 2.45 bits per heavy atom. The Bertz CT molecular complexity index is 447. The van der Waals surface area contributed by atoms with Gasteiger partial charge in [0.05, 0.1) is 0 Å². The predicted molar refractivity (Wildman–Crippen MR) is 78.2 cm³/mol. The maximum Gasteiger partial charge on any atom is 0.410 e. The van der Waals surface area contributed by atoms with Gasteiger partial charge in [0, 0.05) is 13.1 Å². The Balaban J connectivity index is 1.52. The summed E-state index contributed by atoms with van der Waals surface area (Å²) < 4.78 is 5.42. The van der Waals surface area contributed by atoms with Crippen LogP contribution in [0.4, 0.5) is 4.79 Å². The summed E-state index contributed by atoms with van der Waals surface area (Å²) in [5.74, 6) is 1.67. The van der Waals surface area contributed by atoms with Crippen molar-refractivity contribution in [1.29, 1.82) is 0 Å². The lowest BCUT2D eigenvalue weighted by molar-refractivity contribution is 0.0760. The highest BCUT2D eigenvalue weighted by Gasteiger charge is 2.37. The normalized spacial score (nSPS) is 28.1. The van der Waals surface area contributed by atoms with Crippen LogP contribution in [-0.4, -0.2) is 24.1 Å². The number of fused-ring (bicyclic) bond motifs is 2. The number of hydrogen-bond donors (Lipinski definition) is 0. The van der Waals surface area contributed by atoms with Crippen molar-refractivity contribution in [2.24, 2.45) is 11.8 Å². The molecule has 3 rings (SSSR count). The highest BCUT2D eigenvalue weighted by atomic mass is 16.6. The fraction of sp³-hybridized carbons (Fsp3) is 0.588. The molecule has 3 nitrogen and oxygen atoms in total. The second kappa shape index (κ2) is 5.86. The van der Waals surface area contributed by atoms with Gasteiger partial charge in [-0.1, -0.05) is 43.2 Å². The molecular weight excluding hydrogens is 250 g/mol. The average molecular weight is 273 g/mol. The molecule has 108 valence electrons. The van der Waals surface area contributed by atoms with Crippen molar-refractivity contribution in [1.82, 2.24) is 4.90 Å². The van der Waals surface area contributed by atoms with Gasteiger partial charge >= 0.3 is 6.09 Å². The molecule has 2 aliphatic carbocycles. The first-order chi connectivity index (χ1) is 9.72. The maximum atomic E-state index is 12.2. The molecule has 2 aliphatic rings. The number of amides is 1. The molecule has 2 bridgehead atoms. The Kier molecular flexibility index (Phi) is 3.95. The molecule has 0 saturated heterocycles. The van der Waals surface area contributed by atoms with Gasteiger partial charge in [0.2, 0.25) is 0 Å². The Labute approximate surface area is 120 Å². The van der Waals surface area contributed by atoms with E-state index < -0.39 is 0 Å². The lowest BCUT2D eigenvalue weighted by Crippen LogP contribution is -2.40. The second-order valence-electron chi connectivity index (χ2n) is 6.32. The highest BCUT2D eigenvalue weighted by Crippen LogP contribution is 2.43. The minimum atomic E-state index is -0.180. The summed E-state index contributed by atoms with van der Waals surface area (Å²) in [6.07, 6.45) is 6.23. The molecular formula is C17H23NO2. The van der Waals surface area contributed by atoms with Gasteiger partial charge in [0.25, 0.3) is 0 Å². The number of benzene rings is 1. The molecule has 0 radical (unpaired) electrons. The van der Waals surface area contributed by atoms with E-state index in [2.05, 4.69) is 0 Å². The summed E-state index contributed by atoms with van der Waals surface area (Å²) in [7, 11) is 1.89. The van der Waals surface area contributed by atoms with Gasteiger partial charge < -0.3 is 9.64 Å². The van der Waals surface area contributed by atoms with E-state index in [0.29, 0.717) is 12.6 Å². The van der Waals surface area contributed by atoms with Crippen LogP contribution >= 0.6 is 0 Å². The zero-order chi connectivity index (χ0) is 13.9. The van der Waals surface area contributed by atoms with Gasteiger partial charge in [0.15, 0.2) is 0 Å². The summed E-state index contributed by atoms with van der Waals surface area (Å²) >= 11 is 0. The molecule has 1 aromatic carbocycles. The van der Waals surface area contributed by atoms with Gasteiger partial charge in [-0.2, -0.15) is 0 Å². The number of rotatable bonds is 3. The van der Waals surface area contributed by atoms with Crippen LogP contribution in [-0.2, 0) is 11.3 Å². The van der Waals surface area contributed by atoms with Crippen molar-refractivity contribution in [2.45, 2.75) is 44.8 Å². The van der Waals surface area contributed by atoms with Crippen molar-refractivity contribution in [3.63, 3.8) is 0 Å². The van der Waals surface area contributed by atoms with E-state index in [4.69, 9.17) is 4.74 Å². The Morgan fingerprint density at radius 2 is 1.80 bits per heavy atom.